The fraction of sp³-hybridized carbons (Fsp3) is 0.278. The lowest BCUT2D eigenvalue weighted by Gasteiger charge is -2.19. The molecule has 2 N–H and O–H groups in total. The Morgan fingerprint density at radius 2 is 2.00 bits per heavy atom. The summed E-state index contributed by atoms with van der Waals surface area (Å²) >= 11 is 0. The molecule has 0 unspecified atom stereocenters. The molecule has 1 amide bonds. The second-order valence-corrected chi connectivity index (χ2v) is 5.65. The summed E-state index contributed by atoms with van der Waals surface area (Å²) in [5.41, 5.74) is 1.35. The van der Waals surface area contributed by atoms with Crippen LogP contribution in [0.3, 0.4) is 0 Å². The van der Waals surface area contributed by atoms with Gasteiger partial charge >= 0.3 is 0 Å². The SMILES string of the molecule is C[C@@H](NCC(=O)Nc1ccccc1F)[C@@H]1COc2ccccc21. The molecule has 3 rings (SSSR count). The van der Waals surface area contributed by atoms with Gasteiger partial charge in [0, 0.05) is 17.5 Å². The zero-order valence-electron chi connectivity index (χ0n) is 12.9. The number of hydrogen-bond donors (Lipinski definition) is 2. The van der Waals surface area contributed by atoms with Crippen molar-refractivity contribution in [3.05, 3.63) is 59.9 Å². The fourth-order valence-corrected chi connectivity index (χ4v) is 2.75. The van der Waals surface area contributed by atoms with E-state index in [1.807, 2.05) is 31.2 Å². The number of fused-ring (bicyclic) bond motifs is 1. The molecule has 0 spiro atoms. The first-order chi connectivity index (χ1) is 11.1. The van der Waals surface area contributed by atoms with Crippen molar-refractivity contribution in [1.82, 2.24) is 5.32 Å². The Morgan fingerprint density at radius 3 is 2.83 bits per heavy atom. The summed E-state index contributed by atoms with van der Waals surface area (Å²) in [6.07, 6.45) is 0. The fourth-order valence-electron chi connectivity index (χ4n) is 2.75. The number of nitrogens with one attached hydrogen (secondary N) is 2. The number of carbonyl (C=O) groups is 1. The molecule has 2 aromatic carbocycles. The largest absolute Gasteiger partial charge is 0.493 e. The third kappa shape index (κ3) is 3.51. The average molecular weight is 314 g/mol. The molecule has 2 aromatic rings. The Balaban J connectivity index is 1.54. The predicted octanol–water partition coefficient (Wildman–Crippen LogP) is 2.92. The zero-order chi connectivity index (χ0) is 16.2. The van der Waals surface area contributed by atoms with E-state index in [1.54, 1.807) is 12.1 Å². The van der Waals surface area contributed by atoms with Crippen LogP contribution in [0.1, 0.15) is 18.4 Å². The van der Waals surface area contributed by atoms with Crippen LogP contribution < -0.4 is 15.4 Å². The summed E-state index contributed by atoms with van der Waals surface area (Å²) in [4.78, 5) is 12.0. The predicted molar refractivity (Wildman–Crippen MR) is 87.2 cm³/mol. The molecule has 120 valence electrons. The first-order valence-corrected chi connectivity index (χ1v) is 7.64. The van der Waals surface area contributed by atoms with E-state index in [2.05, 4.69) is 10.6 Å². The summed E-state index contributed by atoms with van der Waals surface area (Å²) in [5, 5.41) is 5.76. The van der Waals surface area contributed by atoms with Gasteiger partial charge in [-0.25, -0.2) is 4.39 Å². The highest BCUT2D eigenvalue weighted by atomic mass is 19.1. The quantitative estimate of drug-likeness (QED) is 0.892. The van der Waals surface area contributed by atoms with Gasteiger partial charge < -0.3 is 15.4 Å². The van der Waals surface area contributed by atoms with Crippen molar-refractivity contribution in [2.75, 3.05) is 18.5 Å². The van der Waals surface area contributed by atoms with E-state index in [4.69, 9.17) is 4.74 Å². The summed E-state index contributed by atoms with van der Waals surface area (Å²) in [7, 11) is 0. The molecule has 0 bridgehead atoms. The molecule has 1 aliphatic rings. The van der Waals surface area contributed by atoms with Gasteiger partial charge in [0.15, 0.2) is 0 Å². The summed E-state index contributed by atoms with van der Waals surface area (Å²) < 4.78 is 19.2. The van der Waals surface area contributed by atoms with Gasteiger partial charge in [-0.2, -0.15) is 0 Å². The van der Waals surface area contributed by atoms with Crippen LogP contribution in [0.25, 0.3) is 0 Å². The molecule has 0 fully saturated rings. The van der Waals surface area contributed by atoms with Gasteiger partial charge in [0.25, 0.3) is 0 Å². The van der Waals surface area contributed by atoms with Crippen molar-refractivity contribution >= 4 is 11.6 Å². The van der Waals surface area contributed by atoms with Crippen LogP contribution in [0.5, 0.6) is 5.75 Å². The van der Waals surface area contributed by atoms with E-state index >= 15 is 0 Å². The summed E-state index contributed by atoms with van der Waals surface area (Å²) in [5.74, 6) is 0.399. The highest BCUT2D eigenvalue weighted by Gasteiger charge is 2.28. The van der Waals surface area contributed by atoms with Crippen LogP contribution in [0.2, 0.25) is 0 Å². The average Bonchev–Trinajstić information content (AvgIpc) is 2.99. The minimum atomic E-state index is -0.438. The maximum Gasteiger partial charge on any atom is 0.238 e. The molecule has 0 saturated heterocycles. The van der Waals surface area contributed by atoms with Gasteiger partial charge in [-0.15, -0.1) is 0 Å². The Kier molecular flexibility index (Phi) is 4.57. The van der Waals surface area contributed by atoms with Crippen LogP contribution in [-0.2, 0) is 4.79 Å². The minimum Gasteiger partial charge on any atom is -0.493 e. The molecule has 2 atom stereocenters. The van der Waals surface area contributed by atoms with Crippen molar-refractivity contribution in [3.63, 3.8) is 0 Å². The molecule has 0 aliphatic carbocycles. The van der Waals surface area contributed by atoms with Gasteiger partial charge in [0.1, 0.15) is 11.6 Å². The topological polar surface area (TPSA) is 50.4 Å². The molecule has 1 heterocycles. The van der Waals surface area contributed by atoms with Crippen molar-refractivity contribution in [3.8, 4) is 5.75 Å². The molecule has 1 aliphatic heterocycles. The van der Waals surface area contributed by atoms with E-state index in [1.165, 1.54) is 12.1 Å². The minimum absolute atomic E-state index is 0.0741. The molecule has 0 saturated carbocycles. The Bertz CT molecular complexity index is 705. The smallest absolute Gasteiger partial charge is 0.238 e. The van der Waals surface area contributed by atoms with Gasteiger partial charge in [-0.05, 0) is 25.1 Å². The Morgan fingerprint density at radius 1 is 1.26 bits per heavy atom. The normalized spacial score (nSPS) is 17.2. The molecule has 5 heteroatoms. The number of para-hydroxylation sites is 2. The monoisotopic (exact) mass is 314 g/mol. The number of ether oxygens (including phenoxy) is 1. The molecule has 0 aromatic heterocycles. The number of hydrogen-bond acceptors (Lipinski definition) is 3. The van der Waals surface area contributed by atoms with Gasteiger partial charge in [0.05, 0.1) is 18.8 Å². The number of rotatable bonds is 5. The zero-order valence-corrected chi connectivity index (χ0v) is 12.9. The first-order valence-electron chi connectivity index (χ1n) is 7.64. The summed E-state index contributed by atoms with van der Waals surface area (Å²) in [6, 6.07) is 14.1. The number of anilines is 1. The highest BCUT2D eigenvalue weighted by Crippen LogP contribution is 2.35. The number of carbonyl (C=O) groups excluding carboxylic acids is 1. The van der Waals surface area contributed by atoms with Crippen LogP contribution in [-0.4, -0.2) is 25.1 Å². The third-order valence-electron chi connectivity index (χ3n) is 4.07. The molecule has 23 heavy (non-hydrogen) atoms. The second kappa shape index (κ2) is 6.79. The second-order valence-electron chi connectivity index (χ2n) is 5.65. The Hall–Kier alpha value is -2.40. The van der Waals surface area contributed by atoms with Crippen LogP contribution in [0.4, 0.5) is 10.1 Å². The molecular weight excluding hydrogens is 295 g/mol. The van der Waals surface area contributed by atoms with Crippen molar-refractivity contribution < 1.29 is 13.9 Å². The molecule has 4 nitrogen and oxygen atoms in total. The van der Waals surface area contributed by atoms with Gasteiger partial charge in [-0.1, -0.05) is 30.3 Å². The maximum atomic E-state index is 13.5. The van der Waals surface area contributed by atoms with Crippen molar-refractivity contribution in [1.29, 1.82) is 0 Å². The number of benzene rings is 2. The lowest BCUT2D eigenvalue weighted by Crippen LogP contribution is -2.38. The number of amides is 1. The van der Waals surface area contributed by atoms with E-state index in [9.17, 15) is 9.18 Å². The lowest BCUT2D eigenvalue weighted by atomic mass is 9.94. The van der Waals surface area contributed by atoms with Crippen LogP contribution in [0, 0.1) is 5.82 Å². The standard InChI is InChI=1S/C18H19FN2O2/c1-12(14-11-23-17-9-5-2-6-13(14)17)20-10-18(22)21-16-8-4-3-7-15(16)19/h2-9,12,14,20H,10-11H2,1H3,(H,21,22)/t12-,14+/m1/s1. The van der Waals surface area contributed by atoms with Crippen molar-refractivity contribution in [2.24, 2.45) is 0 Å². The van der Waals surface area contributed by atoms with Gasteiger partial charge in [0.2, 0.25) is 5.91 Å². The maximum absolute atomic E-state index is 13.5. The van der Waals surface area contributed by atoms with E-state index in [-0.39, 0.29) is 30.1 Å². The van der Waals surface area contributed by atoms with E-state index in [0.29, 0.717) is 6.61 Å². The van der Waals surface area contributed by atoms with Gasteiger partial charge in [-0.3, -0.25) is 4.79 Å². The van der Waals surface area contributed by atoms with E-state index in [0.717, 1.165) is 11.3 Å². The molecular formula is C18H19FN2O2. The third-order valence-corrected chi connectivity index (χ3v) is 4.07. The molecule has 0 radical (unpaired) electrons. The lowest BCUT2D eigenvalue weighted by molar-refractivity contribution is -0.115. The highest BCUT2D eigenvalue weighted by molar-refractivity contribution is 5.92. The number of halogens is 1. The Labute approximate surface area is 134 Å². The first kappa shape index (κ1) is 15.5. The van der Waals surface area contributed by atoms with Crippen LogP contribution in [0.15, 0.2) is 48.5 Å². The van der Waals surface area contributed by atoms with Crippen molar-refractivity contribution in [2.45, 2.75) is 18.9 Å². The van der Waals surface area contributed by atoms with E-state index < -0.39 is 5.82 Å². The van der Waals surface area contributed by atoms with Crippen LogP contribution >= 0.6 is 0 Å². The summed E-state index contributed by atoms with van der Waals surface area (Å²) in [6.45, 7) is 2.74.